The number of sulfonamides is 2. The maximum atomic E-state index is 13.6. The van der Waals surface area contributed by atoms with Gasteiger partial charge in [0, 0.05) is 21.4 Å². The van der Waals surface area contributed by atoms with Crippen LogP contribution in [0.3, 0.4) is 0 Å². The van der Waals surface area contributed by atoms with Gasteiger partial charge in [-0.25, -0.2) is 35.9 Å². The molecular weight excluding hydrogens is 673 g/mol. The Balaban J connectivity index is 0.000000247. The van der Waals surface area contributed by atoms with Gasteiger partial charge in [-0.05, 0) is 84.4 Å². The van der Waals surface area contributed by atoms with E-state index in [9.17, 15) is 35.2 Å². The highest BCUT2D eigenvalue weighted by Gasteiger charge is 2.14. The molecule has 4 rings (SSSR count). The van der Waals surface area contributed by atoms with Gasteiger partial charge < -0.3 is 11.1 Å². The van der Waals surface area contributed by atoms with Crippen LogP contribution >= 0.6 is 34.8 Å². The average Bonchev–Trinajstić information content (AvgIpc) is 2.88. The summed E-state index contributed by atoms with van der Waals surface area (Å²) in [7, 11) is -7.49. The highest BCUT2D eigenvalue weighted by Crippen LogP contribution is 2.19. The zero-order valence-electron chi connectivity index (χ0n) is 21.5. The Kier molecular flexibility index (Phi) is 12.6. The molecule has 10 nitrogen and oxygen atoms in total. The van der Waals surface area contributed by atoms with Gasteiger partial charge in [-0.2, -0.15) is 0 Å². The molecule has 0 spiro atoms. The molecule has 0 aromatic heterocycles. The van der Waals surface area contributed by atoms with Gasteiger partial charge in [0.2, 0.25) is 20.0 Å². The number of carbonyl (C=O) groups excluding carboxylic acids is 2. The van der Waals surface area contributed by atoms with Gasteiger partial charge in [-0.3, -0.25) is 9.59 Å². The lowest BCUT2D eigenvalue weighted by atomic mass is 10.2. The number of anilines is 2. The van der Waals surface area contributed by atoms with Crippen molar-refractivity contribution in [2.24, 2.45) is 10.3 Å². The maximum absolute atomic E-state index is 13.6. The fraction of sp³-hybridized carbons (Fsp3) is 0. The van der Waals surface area contributed by atoms with Crippen LogP contribution < -0.4 is 21.3 Å². The minimum absolute atomic E-state index is 0.0394. The van der Waals surface area contributed by atoms with E-state index >= 15 is 0 Å². The summed E-state index contributed by atoms with van der Waals surface area (Å²) in [6.45, 7) is 0. The summed E-state index contributed by atoms with van der Waals surface area (Å²) < 4.78 is 70.2. The van der Waals surface area contributed by atoms with E-state index in [2.05, 4.69) is 5.32 Å². The molecule has 0 heterocycles. The van der Waals surface area contributed by atoms with Gasteiger partial charge in [0.1, 0.15) is 11.6 Å². The maximum Gasteiger partial charge on any atom is 0.258 e. The highest BCUT2D eigenvalue weighted by molar-refractivity contribution is 7.89. The second-order valence-electron chi connectivity index (χ2n) is 8.17. The van der Waals surface area contributed by atoms with Gasteiger partial charge in [0.15, 0.2) is 0 Å². The average molecular weight is 694 g/mol. The summed E-state index contributed by atoms with van der Waals surface area (Å²) in [4.78, 5) is 22.3. The van der Waals surface area contributed by atoms with Crippen molar-refractivity contribution >= 4 is 77.4 Å². The van der Waals surface area contributed by atoms with Crippen molar-refractivity contribution in [1.82, 2.24) is 0 Å². The minimum atomic E-state index is -3.88. The Labute approximate surface area is 260 Å². The van der Waals surface area contributed by atoms with Crippen LogP contribution in [0.2, 0.25) is 10.0 Å². The number of rotatable bonds is 5. The third kappa shape index (κ3) is 11.5. The van der Waals surface area contributed by atoms with E-state index in [0.717, 1.165) is 12.1 Å². The Morgan fingerprint density at radius 2 is 1.14 bits per heavy atom. The van der Waals surface area contributed by atoms with Crippen molar-refractivity contribution in [2.45, 2.75) is 9.79 Å². The summed E-state index contributed by atoms with van der Waals surface area (Å²) in [6.07, 6.45) is 0. The van der Waals surface area contributed by atoms with Gasteiger partial charge in [-0.15, -0.1) is 0 Å². The summed E-state index contributed by atoms with van der Waals surface area (Å²) in [5.74, 6) is -2.20. The third-order valence-corrected chi connectivity index (χ3v) is 7.42. The SMILES string of the molecule is NS(=O)(=O)c1cccc(NC(=O)c2ccc(Cl)cc2F)c1.Nc1cccc(S(N)(=O)=O)c1.O=C(Cl)c1ccc(Cl)cc1F. The molecule has 0 aliphatic heterocycles. The predicted molar refractivity (Wildman–Crippen MR) is 161 cm³/mol. The molecular formula is C26H21Cl3F2N4O6S2. The van der Waals surface area contributed by atoms with Crippen molar-refractivity contribution in [1.29, 1.82) is 0 Å². The molecule has 0 aliphatic carbocycles. The molecule has 1 amide bonds. The van der Waals surface area contributed by atoms with E-state index in [-0.39, 0.29) is 36.7 Å². The lowest BCUT2D eigenvalue weighted by molar-refractivity contribution is 0.102. The number of amides is 1. The summed E-state index contributed by atoms with van der Waals surface area (Å²) in [5, 5.41) is 11.8. The minimum Gasteiger partial charge on any atom is -0.399 e. The number of nitrogens with one attached hydrogen (secondary N) is 1. The molecule has 0 saturated heterocycles. The van der Waals surface area contributed by atoms with Gasteiger partial charge in [-0.1, -0.05) is 35.3 Å². The van der Waals surface area contributed by atoms with Crippen LogP contribution in [0.1, 0.15) is 20.7 Å². The Morgan fingerprint density at radius 3 is 1.56 bits per heavy atom. The quantitative estimate of drug-likeness (QED) is 0.164. The first kappa shape index (κ1) is 35.6. The van der Waals surface area contributed by atoms with Crippen LogP contribution in [0.5, 0.6) is 0 Å². The summed E-state index contributed by atoms with van der Waals surface area (Å²) in [5.41, 5.74) is 5.54. The summed E-state index contributed by atoms with van der Waals surface area (Å²) >= 11 is 16.1. The first-order valence-corrected chi connectivity index (χ1v) is 15.5. The number of hydrogen-bond donors (Lipinski definition) is 4. The zero-order valence-corrected chi connectivity index (χ0v) is 25.4. The van der Waals surface area contributed by atoms with Gasteiger partial charge in [0.05, 0.1) is 20.9 Å². The van der Waals surface area contributed by atoms with E-state index < -0.39 is 42.8 Å². The largest absolute Gasteiger partial charge is 0.399 e. The van der Waals surface area contributed by atoms with E-state index in [1.165, 1.54) is 66.7 Å². The number of benzene rings is 4. The monoisotopic (exact) mass is 692 g/mol. The zero-order chi connectivity index (χ0) is 32.5. The van der Waals surface area contributed by atoms with Crippen LogP contribution in [0.4, 0.5) is 20.2 Å². The van der Waals surface area contributed by atoms with Crippen molar-refractivity contribution in [3.63, 3.8) is 0 Å². The van der Waals surface area contributed by atoms with E-state index in [4.69, 9.17) is 50.8 Å². The molecule has 7 N–H and O–H groups in total. The lowest BCUT2D eigenvalue weighted by Gasteiger charge is -2.07. The summed E-state index contributed by atoms with van der Waals surface area (Å²) in [6, 6.07) is 18.5. The van der Waals surface area contributed by atoms with E-state index in [1.807, 2.05) is 0 Å². The van der Waals surface area contributed by atoms with Crippen molar-refractivity contribution in [2.75, 3.05) is 11.1 Å². The first-order valence-electron chi connectivity index (χ1n) is 11.3. The number of primary sulfonamides is 2. The topological polar surface area (TPSA) is 193 Å². The third-order valence-electron chi connectivity index (χ3n) is 4.93. The van der Waals surface area contributed by atoms with Crippen LogP contribution in [-0.2, 0) is 20.0 Å². The van der Waals surface area contributed by atoms with Crippen LogP contribution in [0.25, 0.3) is 0 Å². The van der Waals surface area contributed by atoms with E-state index in [1.54, 1.807) is 6.07 Å². The number of hydrogen-bond acceptors (Lipinski definition) is 7. The molecule has 0 bridgehead atoms. The molecule has 0 aliphatic rings. The van der Waals surface area contributed by atoms with E-state index in [0.29, 0.717) is 5.69 Å². The second kappa shape index (κ2) is 15.2. The van der Waals surface area contributed by atoms with Gasteiger partial charge in [0.25, 0.3) is 11.1 Å². The molecule has 0 atom stereocenters. The molecule has 17 heteroatoms. The van der Waals surface area contributed by atoms with Crippen molar-refractivity contribution in [3.8, 4) is 0 Å². The number of carbonyl (C=O) groups is 2. The van der Waals surface area contributed by atoms with Crippen LogP contribution in [-0.4, -0.2) is 28.0 Å². The molecule has 43 heavy (non-hydrogen) atoms. The standard InChI is InChI=1S/C13H10ClFN2O3S.C7H3Cl2FO.C6H8N2O2S/c14-8-4-5-11(12(15)6-8)13(18)17-9-2-1-3-10(7-9)21(16,19)20;8-4-1-2-5(7(9)11)6(10)3-4;7-5-2-1-3-6(4-5)11(8,9)10/h1-7H,(H,17,18)(H2,16,19,20);1-3H;1-4H,7H2,(H2,8,9,10). The molecule has 0 unspecified atom stereocenters. The fourth-order valence-corrected chi connectivity index (χ4v) is 4.56. The predicted octanol–water partition coefficient (Wildman–Crippen LogP) is 5.15. The van der Waals surface area contributed by atoms with Crippen LogP contribution in [0, 0.1) is 11.6 Å². The first-order chi connectivity index (χ1) is 19.9. The van der Waals surface area contributed by atoms with Crippen molar-refractivity contribution < 1.29 is 35.2 Å². The lowest BCUT2D eigenvalue weighted by Crippen LogP contribution is -2.15. The molecule has 228 valence electrons. The molecule has 4 aromatic rings. The normalized spacial score (nSPS) is 10.9. The van der Waals surface area contributed by atoms with Crippen LogP contribution in [0.15, 0.2) is 94.7 Å². The smallest absolute Gasteiger partial charge is 0.258 e. The van der Waals surface area contributed by atoms with Gasteiger partial charge >= 0.3 is 0 Å². The Hall–Kier alpha value is -3.63. The van der Waals surface area contributed by atoms with Crippen molar-refractivity contribution in [3.05, 3.63) is 118 Å². The fourth-order valence-electron chi connectivity index (χ4n) is 2.96. The molecule has 0 saturated carbocycles. The molecule has 0 fully saturated rings. The molecule has 4 aromatic carbocycles. The molecule has 0 radical (unpaired) electrons. The highest BCUT2D eigenvalue weighted by atomic mass is 35.5. The Morgan fingerprint density at radius 1 is 0.674 bits per heavy atom. The number of nitrogen functional groups attached to an aromatic ring is 1. The Bertz CT molecular complexity index is 1880. The number of nitrogens with two attached hydrogens (primary N) is 3. The second-order valence-corrected chi connectivity index (χ2v) is 12.5. The number of halogens is 5.